The van der Waals surface area contributed by atoms with Crippen LogP contribution in [-0.2, 0) is 14.4 Å². The van der Waals surface area contributed by atoms with Gasteiger partial charge in [-0.15, -0.1) is 11.3 Å². The van der Waals surface area contributed by atoms with E-state index in [4.69, 9.17) is 4.84 Å². The first-order valence-electron chi connectivity index (χ1n) is 11.6. The number of nitrogens with zero attached hydrogens (tertiary/aromatic N) is 2. The van der Waals surface area contributed by atoms with Gasteiger partial charge in [0.1, 0.15) is 17.7 Å². The molecule has 3 unspecified atom stereocenters. The molecule has 33 heavy (non-hydrogen) atoms. The van der Waals surface area contributed by atoms with Gasteiger partial charge in [-0.05, 0) is 49.8 Å². The summed E-state index contributed by atoms with van der Waals surface area (Å²) in [6, 6.07) is 7.62. The Kier molecular flexibility index (Phi) is 7.14. The lowest BCUT2D eigenvalue weighted by Crippen LogP contribution is -2.49. The molecule has 8 heteroatoms. The maximum absolute atomic E-state index is 13.4. The van der Waals surface area contributed by atoms with Gasteiger partial charge in [-0.3, -0.25) is 9.59 Å². The van der Waals surface area contributed by atoms with E-state index in [1.165, 1.54) is 0 Å². The van der Waals surface area contributed by atoms with E-state index >= 15 is 0 Å². The number of hydroxylamine groups is 1. The Morgan fingerprint density at radius 2 is 2.00 bits per heavy atom. The molecule has 1 aromatic heterocycles. The van der Waals surface area contributed by atoms with E-state index in [1.807, 2.05) is 51.4 Å². The smallest absolute Gasteiger partial charge is 0.243 e. The molecule has 7 nitrogen and oxygen atoms in total. The lowest BCUT2D eigenvalue weighted by atomic mass is 9.91. The SMILES string of the molecule is Cc1ncsc1-c1ccc(C(C)NC(=O)C2CCCN2C(=O)C(C2=CCNO2)C(C)C)cc1. The van der Waals surface area contributed by atoms with Gasteiger partial charge in [0.15, 0.2) is 0 Å². The van der Waals surface area contributed by atoms with Crippen LogP contribution in [-0.4, -0.2) is 40.8 Å². The fraction of sp³-hybridized carbons (Fsp3) is 0.480. The number of hydrogen-bond donors (Lipinski definition) is 2. The van der Waals surface area contributed by atoms with Gasteiger partial charge >= 0.3 is 0 Å². The van der Waals surface area contributed by atoms with Crippen LogP contribution in [0.2, 0.25) is 0 Å². The number of aryl methyl sites for hydroxylation is 1. The third kappa shape index (κ3) is 4.96. The van der Waals surface area contributed by atoms with Crippen LogP contribution < -0.4 is 10.8 Å². The lowest BCUT2D eigenvalue weighted by Gasteiger charge is -2.30. The number of aromatic nitrogens is 1. The molecule has 2 aliphatic heterocycles. The van der Waals surface area contributed by atoms with Gasteiger partial charge in [-0.2, -0.15) is 5.48 Å². The number of nitrogens with one attached hydrogen (secondary N) is 2. The van der Waals surface area contributed by atoms with Gasteiger partial charge in [-0.25, -0.2) is 4.98 Å². The second kappa shape index (κ2) is 10.1. The van der Waals surface area contributed by atoms with Crippen LogP contribution >= 0.6 is 11.3 Å². The number of hydrogen-bond acceptors (Lipinski definition) is 6. The van der Waals surface area contributed by atoms with Gasteiger partial charge in [0.2, 0.25) is 11.8 Å². The Morgan fingerprint density at radius 1 is 1.24 bits per heavy atom. The topological polar surface area (TPSA) is 83.6 Å². The van der Waals surface area contributed by atoms with Gasteiger partial charge in [0.05, 0.1) is 28.7 Å². The van der Waals surface area contributed by atoms with Crippen molar-refractivity contribution in [1.82, 2.24) is 20.7 Å². The van der Waals surface area contributed by atoms with Crippen LogP contribution in [0.25, 0.3) is 10.4 Å². The second-order valence-electron chi connectivity index (χ2n) is 9.09. The van der Waals surface area contributed by atoms with Crippen molar-refractivity contribution in [1.29, 1.82) is 0 Å². The predicted octanol–water partition coefficient (Wildman–Crippen LogP) is 3.98. The quantitative estimate of drug-likeness (QED) is 0.642. The summed E-state index contributed by atoms with van der Waals surface area (Å²) in [5.74, 6) is 0.221. The van der Waals surface area contributed by atoms with Crippen molar-refractivity contribution in [2.24, 2.45) is 11.8 Å². The monoisotopic (exact) mass is 468 g/mol. The highest BCUT2D eigenvalue weighted by Gasteiger charge is 2.40. The van der Waals surface area contributed by atoms with E-state index in [9.17, 15) is 9.59 Å². The molecular formula is C25H32N4O3S. The molecule has 2 amide bonds. The predicted molar refractivity (Wildman–Crippen MR) is 129 cm³/mol. The zero-order valence-electron chi connectivity index (χ0n) is 19.6. The Hall–Kier alpha value is -2.71. The Morgan fingerprint density at radius 3 is 2.61 bits per heavy atom. The molecular weight excluding hydrogens is 436 g/mol. The summed E-state index contributed by atoms with van der Waals surface area (Å²) in [6.45, 7) is 9.19. The number of amides is 2. The van der Waals surface area contributed by atoms with E-state index < -0.39 is 6.04 Å². The molecule has 1 saturated heterocycles. The zero-order valence-corrected chi connectivity index (χ0v) is 20.4. The summed E-state index contributed by atoms with van der Waals surface area (Å²) < 4.78 is 0. The molecule has 2 N–H and O–H groups in total. The number of carbonyl (C=O) groups is 2. The number of carbonyl (C=O) groups excluding carboxylic acids is 2. The number of rotatable bonds is 7. The average molecular weight is 469 g/mol. The van der Waals surface area contributed by atoms with Crippen molar-refractivity contribution >= 4 is 23.2 Å². The van der Waals surface area contributed by atoms with Gasteiger partial charge in [0.25, 0.3) is 0 Å². The summed E-state index contributed by atoms with van der Waals surface area (Å²) in [5.41, 5.74) is 7.83. The van der Waals surface area contributed by atoms with Crippen molar-refractivity contribution in [3.63, 3.8) is 0 Å². The first kappa shape index (κ1) is 23.4. The van der Waals surface area contributed by atoms with Crippen molar-refractivity contribution in [2.45, 2.75) is 52.6 Å². The normalized spacial score (nSPS) is 19.8. The highest BCUT2D eigenvalue weighted by atomic mass is 32.1. The first-order valence-corrected chi connectivity index (χ1v) is 12.5. The fourth-order valence-corrected chi connectivity index (χ4v) is 5.42. The number of benzene rings is 1. The van der Waals surface area contributed by atoms with Gasteiger partial charge < -0.3 is 15.1 Å². The zero-order chi connectivity index (χ0) is 23.5. The largest absolute Gasteiger partial charge is 0.412 e. The Labute approximate surface area is 199 Å². The van der Waals surface area contributed by atoms with E-state index in [0.717, 1.165) is 28.1 Å². The molecule has 0 aliphatic carbocycles. The molecule has 0 spiro atoms. The van der Waals surface area contributed by atoms with Crippen LogP contribution in [0.15, 0.2) is 41.6 Å². The van der Waals surface area contributed by atoms with Crippen LogP contribution in [0, 0.1) is 18.8 Å². The summed E-state index contributed by atoms with van der Waals surface area (Å²) in [4.78, 5) is 39.3. The molecule has 3 atom stereocenters. The van der Waals surface area contributed by atoms with E-state index in [0.29, 0.717) is 25.3 Å². The van der Waals surface area contributed by atoms with Gasteiger partial charge in [0, 0.05) is 6.54 Å². The summed E-state index contributed by atoms with van der Waals surface area (Å²) in [7, 11) is 0. The van der Waals surface area contributed by atoms with Crippen molar-refractivity contribution in [3.05, 3.63) is 52.9 Å². The molecule has 2 aliphatic rings. The minimum absolute atomic E-state index is 0.0328. The fourth-order valence-electron chi connectivity index (χ4n) is 4.61. The van der Waals surface area contributed by atoms with E-state index in [-0.39, 0.29) is 29.7 Å². The van der Waals surface area contributed by atoms with Crippen LogP contribution in [0.4, 0.5) is 0 Å². The Bertz CT molecular complexity index is 1030. The lowest BCUT2D eigenvalue weighted by molar-refractivity contribution is -0.143. The van der Waals surface area contributed by atoms with Crippen LogP contribution in [0.5, 0.6) is 0 Å². The molecule has 3 heterocycles. The summed E-state index contributed by atoms with van der Waals surface area (Å²) in [5, 5.41) is 3.13. The molecule has 176 valence electrons. The molecule has 0 bridgehead atoms. The van der Waals surface area contributed by atoms with Gasteiger partial charge in [-0.1, -0.05) is 38.1 Å². The molecule has 0 saturated carbocycles. The van der Waals surface area contributed by atoms with E-state index in [1.54, 1.807) is 16.2 Å². The maximum Gasteiger partial charge on any atom is 0.243 e. The first-order chi connectivity index (χ1) is 15.9. The van der Waals surface area contributed by atoms with Crippen molar-refractivity contribution in [2.75, 3.05) is 13.1 Å². The molecule has 2 aromatic rings. The molecule has 0 radical (unpaired) electrons. The highest BCUT2D eigenvalue weighted by Crippen LogP contribution is 2.30. The minimum atomic E-state index is -0.449. The number of thiazole rings is 1. The van der Waals surface area contributed by atoms with Crippen LogP contribution in [0.1, 0.15) is 50.9 Å². The minimum Gasteiger partial charge on any atom is -0.412 e. The third-order valence-electron chi connectivity index (χ3n) is 6.43. The molecule has 4 rings (SSSR count). The standard InChI is InChI=1S/C25H32N4O3S/c1-15(2)22(21-11-12-27-32-21)25(31)29-13-5-6-20(29)24(30)28-16(3)18-7-9-19(10-8-18)23-17(4)26-14-33-23/h7-11,14-16,20,22,27H,5-6,12-13H2,1-4H3,(H,28,30). The van der Waals surface area contributed by atoms with E-state index in [2.05, 4.69) is 27.9 Å². The number of likely N-dealkylation sites (tertiary alicyclic amines) is 1. The second-order valence-corrected chi connectivity index (χ2v) is 9.94. The molecule has 1 fully saturated rings. The summed E-state index contributed by atoms with van der Waals surface area (Å²) in [6.07, 6.45) is 3.41. The highest BCUT2D eigenvalue weighted by molar-refractivity contribution is 7.13. The Balaban J connectivity index is 1.42. The average Bonchev–Trinajstić information content (AvgIpc) is 3.55. The maximum atomic E-state index is 13.4. The van der Waals surface area contributed by atoms with Crippen LogP contribution in [0.3, 0.4) is 0 Å². The van der Waals surface area contributed by atoms with Crippen molar-refractivity contribution in [3.8, 4) is 10.4 Å². The molecule has 1 aromatic carbocycles. The third-order valence-corrected chi connectivity index (χ3v) is 7.41. The van der Waals surface area contributed by atoms with Crippen molar-refractivity contribution < 1.29 is 14.4 Å². The summed E-state index contributed by atoms with van der Waals surface area (Å²) >= 11 is 1.63.